The number of benzene rings is 2. The van der Waals surface area contributed by atoms with Crippen molar-refractivity contribution in [2.75, 3.05) is 25.5 Å². The molecule has 9 nitrogen and oxygen atoms in total. The number of likely N-dealkylation sites (tertiary alicyclic amines) is 1. The van der Waals surface area contributed by atoms with Crippen LogP contribution in [0, 0.1) is 0 Å². The van der Waals surface area contributed by atoms with Gasteiger partial charge in [-0.2, -0.15) is 0 Å². The summed E-state index contributed by atoms with van der Waals surface area (Å²) in [5.41, 5.74) is 1.83. The van der Waals surface area contributed by atoms with E-state index in [1.807, 2.05) is 42.5 Å². The van der Waals surface area contributed by atoms with Gasteiger partial charge in [-0.15, -0.1) is 0 Å². The van der Waals surface area contributed by atoms with Gasteiger partial charge in [-0.1, -0.05) is 18.7 Å². The Bertz CT molecular complexity index is 1490. The first-order chi connectivity index (χ1) is 18.8. The minimum absolute atomic E-state index is 0.0638. The molecule has 0 aliphatic carbocycles. The summed E-state index contributed by atoms with van der Waals surface area (Å²) in [5, 5.41) is 15.0. The predicted molar refractivity (Wildman–Crippen MR) is 149 cm³/mol. The maximum absolute atomic E-state index is 11.9. The molecule has 2 N–H and O–H groups in total. The van der Waals surface area contributed by atoms with Gasteiger partial charge in [0.1, 0.15) is 24.0 Å². The highest BCUT2D eigenvalue weighted by Gasteiger charge is 2.25. The molecule has 1 amide bonds. The summed E-state index contributed by atoms with van der Waals surface area (Å²) in [5.74, 6) is 2.35. The van der Waals surface area contributed by atoms with E-state index < -0.39 is 5.60 Å². The van der Waals surface area contributed by atoms with Crippen molar-refractivity contribution in [3.8, 4) is 22.8 Å². The quantitative estimate of drug-likeness (QED) is 0.292. The van der Waals surface area contributed by atoms with Crippen LogP contribution < -0.4 is 14.8 Å². The van der Waals surface area contributed by atoms with Crippen LogP contribution >= 0.6 is 0 Å². The number of aromatic nitrogens is 2. The molecule has 1 aliphatic heterocycles. The van der Waals surface area contributed by atoms with Crippen LogP contribution in [0.15, 0.2) is 72.1 Å². The highest BCUT2D eigenvalue weighted by molar-refractivity contribution is 5.93. The molecule has 5 rings (SSSR count). The molecule has 39 heavy (non-hydrogen) atoms. The lowest BCUT2D eigenvalue weighted by atomic mass is 9.94. The van der Waals surface area contributed by atoms with Crippen molar-refractivity contribution < 1.29 is 23.8 Å². The number of carbonyl (C=O) groups is 1. The van der Waals surface area contributed by atoms with Crippen LogP contribution in [0.3, 0.4) is 0 Å². The van der Waals surface area contributed by atoms with Gasteiger partial charge in [0.25, 0.3) is 0 Å². The number of nitrogens with zero attached hydrogens (tertiary/aromatic N) is 3. The number of piperidine rings is 1. The van der Waals surface area contributed by atoms with E-state index in [1.54, 1.807) is 32.1 Å². The Morgan fingerprint density at radius 3 is 2.64 bits per heavy atom. The van der Waals surface area contributed by atoms with Crippen LogP contribution in [0.4, 0.5) is 11.5 Å². The molecule has 0 spiro atoms. The molecule has 0 unspecified atom stereocenters. The second-order valence-electron chi connectivity index (χ2n) is 10.0. The fraction of sp³-hybridized carbons (Fsp3) is 0.300. The summed E-state index contributed by atoms with van der Waals surface area (Å²) in [4.78, 5) is 22.7. The Hall–Kier alpha value is -4.37. The van der Waals surface area contributed by atoms with Gasteiger partial charge in [0.2, 0.25) is 5.91 Å². The molecule has 1 saturated heterocycles. The Morgan fingerprint density at radius 2 is 1.97 bits per heavy atom. The van der Waals surface area contributed by atoms with E-state index >= 15 is 0 Å². The van der Waals surface area contributed by atoms with Crippen molar-refractivity contribution in [1.82, 2.24) is 14.9 Å². The van der Waals surface area contributed by atoms with Gasteiger partial charge < -0.3 is 29.2 Å². The lowest BCUT2D eigenvalue weighted by Gasteiger charge is -2.31. The third-order valence-electron chi connectivity index (χ3n) is 6.88. The Labute approximate surface area is 227 Å². The Kier molecular flexibility index (Phi) is 7.26. The van der Waals surface area contributed by atoms with Gasteiger partial charge in [-0.3, -0.25) is 4.79 Å². The molecule has 0 atom stereocenters. The van der Waals surface area contributed by atoms with E-state index in [2.05, 4.69) is 21.9 Å². The molecule has 202 valence electrons. The van der Waals surface area contributed by atoms with E-state index in [1.165, 1.54) is 12.4 Å². The smallest absolute Gasteiger partial charge is 0.245 e. The fourth-order valence-electron chi connectivity index (χ4n) is 4.82. The van der Waals surface area contributed by atoms with Crippen molar-refractivity contribution in [3.63, 3.8) is 0 Å². The third kappa shape index (κ3) is 5.58. The number of anilines is 2. The number of fused-ring (bicyclic) bond motifs is 1. The monoisotopic (exact) mass is 528 g/mol. The van der Waals surface area contributed by atoms with Crippen LogP contribution in [0.1, 0.15) is 32.3 Å². The molecule has 4 aromatic rings. The number of hydrogen-bond acceptors (Lipinski definition) is 8. The lowest BCUT2D eigenvalue weighted by molar-refractivity contribution is -0.127. The van der Waals surface area contributed by atoms with Gasteiger partial charge >= 0.3 is 0 Å². The molecular formula is C30H32N4O5. The number of rotatable bonds is 8. The van der Waals surface area contributed by atoms with Crippen molar-refractivity contribution in [2.45, 2.75) is 38.4 Å². The number of hydrogen-bond donors (Lipinski definition) is 2. The second-order valence-corrected chi connectivity index (χ2v) is 10.0. The van der Waals surface area contributed by atoms with E-state index in [-0.39, 0.29) is 12.0 Å². The molecular weight excluding hydrogens is 496 g/mol. The highest BCUT2D eigenvalue weighted by atomic mass is 16.5. The van der Waals surface area contributed by atoms with Gasteiger partial charge in [0.15, 0.2) is 11.5 Å². The van der Waals surface area contributed by atoms with Crippen molar-refractivity contribution in [1.29, 1.82) is 0 Å². The first-order valence-electron chi connectivity index (χ1n) is 12.9. The van der Waals surface area contributed by atoms with Gasteiger partial charge in [-0.05, 0) is 44.2 Å². The molecule has 1 aliphatic rings. The average molecular weight is 529 g/mol. The van der Waals surface area contributed by atoms with E-state index in [0.717, 1.165) is 10.9 Å². The number of aliphatic hydroxyl groups is 1. The van der Waals surface area contributed by atoms with E-state index in [0.29, 0.717) is 65.8 Å². The number of carbonyl (C=O) groups excluding carboxylic acids is 1. The minimum atomic E-state index is -1.10. The van der Waals surface area contributed by atoms with E-state index in [9.17, 15) is 9.90 Å². The molecule has 0 radical (unpaired) electrons. The molecule has 1 fully saturated rings. The van der Waals surface area contributed by atoms with Crippen LogP contribution in [-0.4, -0.2) is 52.2 Å². The first kappa shape index (κ1) is 26.2. The summed E-state index contributed by atoms with van der Waals surface area (Å²) in [6, 6.07) is 13.1. The predicted octanol–water partition coefficient (Wildman–Crippen LogP) is 5.43. The molecule has 0 bridgehead atoms. The average Bonchev–Trinajstić information content (AvgIpc) is 3.48. The molecule has 9 heteroatoms. The molecule has 2 aromatic carbocycles. The van der Waals surface area contributed by atoms with Gasteiger partial charge in [0, 0.05) is 54.2 Å². The first-order valence-corrected chi connectivity index (χ1v) is 12.9. The standard InChI is InChI=1S/C30H32N4O5/c1-5-28(35)34-12-10-20(11-13-34)39-27-16-21-23(17-26(27)37-4)31-18-32-29(21)33-24-15-19(25-7-6-14-38-25)8-9-22(24)30(2,3)36/h5-9,14-18,20,36H,1,10-13H2,2-4H3,(H,31,32,33). The number of nitrogens with one attached hydrogen (secondary N) is 1. The van der Waals surface area contributed by atoms with E-state index in [4.69, 9.17) is 13.9 Å². The fourth-order valence-corrected chi connectivity index (χ4v) is 4.82. The highest BCUT2D eigenvalue weighted by Crippen LogP contribution is 2.38. The minimum Gasteiger partial charge on any atom is -0.493 e. The number of ether oxygens (including phenoxy) is 2. The topological polar surface area (TPSA) is 110 Å². The van der Waals surface area contributed by atoms with Crippen LogP contribution in [-0.2, 0) is 10.4 Å². The zero-order valence-electron chi connectivity index (χ0n) is 22.3. The summed E-state index contributed by atoms with van der Waals surface area (Å²) >= 11 is 0. The normalized spacial score (nSPS) is 14.3. The van der Waals surface area contributed by atoms with Crippen molar-refractivity contribution in [2.24, 2.45) is 0 Å². The summed E-state index contributed by atoms with van der Waals surface area (Å²) < 4.78 is 17.6. The summed E-state index contributed by atoms with van der Waals surface area (Å²) in [7, 11) is 1.59. The Morgan fingerprint density at radius 1 is 1.18 bits per heavy atom. The molecule has 0 saturated carbocycles. The SMILES string of the molecule is C=CC(=O)N1CCC(Oc2cc3c(Nc4cc(-c5ccco5)ccc4C(C)(C)O)ncnc3cc2OC)CC1. The maximum atomic E-state index is 11.9. The summed E-state index contributed by atoms with van der Waals surface area (Å²) in [6.07, 6.45) is 5.78. The van der Waals surface area contributed by atoms with Gasteiger partial charge in [0.05, 0.1) is 24.5 Å². The Balaban J connectivity index is 1.49. The zero-order chi connectivity index (χ0) is 27.6. The maximum Gasteiger partial charge on any atom is 0.245 e. The number of furan rings is 1. The third-order valence-corrected chi connectivity index (χ3v) is 6.88. The molecule has 2 aromatic heterocycles. The summed E-state index contributed by atoms with van der Waals surface area (Å²) in [6.45, 7) is 8.26. The van der Waals surface area contributed by atoms with Crippen molar-refractivity contribution in [3.05, 3.63) is 73.3 Å². The lowest BCUT2D eigenvalue weighted by Crippen LogP contribution is -2.41. The zero-order valence-corrected chi connectivity index (χ0v) is 22.3. The molecule has 3 heterocycles. The van der Waals surface area contributed by atoms with Crippen LogP contribution in [0.2, 0.25) is 0 Å². The van der Waals surface area contributed by atoms with Crippen molar-refractivity contribution >= 4 is 28.3 Å². The van der Waals surface area contributed by atoms with Crippen LogP contribution in [0.5, 0.6) is 11.5 Å². The number of methoxy groups -OCH3 is 1. The van der Waals surface area contributed by atoms with Gasteiger partial charge in [-0.25, -0.2) is 9.97 Å². The number of amides is 1. The van der Waals surface area contributed by atoms with Crippen LogP contribution in [0.25, 0.3) is 22.2 Å². The largest absolute Gasteiger partial charge is 0.493 e. The second kappa shape index (κ2) is 10.8.